The predicted octanol–water partition coefficient (Wildman–Crippen LogP) is -0.290. The van der Waals surface area contributed by atoms with Gasteiger partial charge < -0.3 is 9.47 Å². The van der Waals surface area contributed by atoms with Crippen molar-refractivity contribution in [3.63, 3.8) is 0 Å². The normalized spacial score (nSPS) is 12.7. The summed E-state index contributed by atoms with van der Waals surface area (Å²) in [5, 5.41) is 0. The summed E-state index contributed by atoms with van der Waals surface area (Å²) in [6, 6.07) is 0. The van der Waals surface area contributed by atoms with Crippen molar-refractivity contribution in [2.75, 3.05) is 45.7 Å². The molecule has 0 atom stereocenters. The van der Waals surface area contributed by atoms with Gasteiger partial charge in [-0.05, 0) is 12.8 Å². The van der Waals surface area contributed by atoms with Crippen molar-refractivity contribution >= 4 is 20.2 Å². The topological polar surface area (TPSA) is 105 Å². The van der Waals surface area contributed by atoms with Crippen LogP contribution >= 0.6 is 0 Å². The number of methoxy groups -OCH3 is 2. The minimum atomic E-state index is -3.80. The fourth-order valence-corrected chi connectivity index (χ4v) is 2.67. The Morgan fingerprint density at radius 2 is 1.11 bits per heavy atom. The average Bonchev–Trinajstić information content (AvgIpc) is 2.28. The minimum Gasteiger partial charge on any atom is -0.385 e. The number of hydrogen-bond donors (Lipinski definition) is 0. The van der Waals surface area contributed by atoms with Gasteiger partial charge >= 0.3 is 0 Å². The summed E-state index contributed by atoms with van der Waals surface area (Å²) in [7, 11) is -4.70. The Bertz CT molecular complexity index is 374. The molecule has 10 heteroatoms. The van der Waals surface area contributed by atoms with Crippen LogP contribution in [0.25, 0.3) is 0 Å². The van der Waals surface area contributed by atoms with Crippen molar-refractivity contribution in [1.82, 2.24) is 0 Å². The van der Waals surface area contributed by atoms with E-state index in [9.17, 15) is 16.8 Å². The first-order valence-electron chi connectivity index (χ1n) is 5.55. The van der Waals surface area contributed by atoms with E-state index in [0.717, 1.165) is 0 Å². The van der Waals surface area contributed by atoms with E-state index in [-0.39, 0.29) is 37.6 Å². The fraction of sp³-hybridized carbons (Fsp3) is 1.00. The van der Waals surface area contributed by atoms with Crippen LogP contribution in [0.5, 0.6) is 0 Å². The lowest BCUT2D eigenvalue weighted by Crippen LogP contribution is -2.18. The quantitative estimate of drug-likeness (QED) is 0.274. The monoisotopic (exact) mass is 320 g/mol. The number of rotatable bonds is 12. The number of hydrogen-bond acceptors (Lipinski definition) is 8. The molecule has 0 unspecified atom stereocenters. The summed E-state index contributed by atoms with van der Waals surface area (Å²) >= 11 is 0. The van der Waals surface area contributed by atoms with E-state index >= 15 is 0 Å². The molecule has 19 heavy (non-hydrogen) atoms. The zero-order valence-corrected chi connectivity index (χ0v) is 12.7. The Morgan fingerprint density at radius 3 is 1.42 bits per heavy atom. The zero-order chi connectivity index (χ0) is 14.8. The van der Waals surface area contributed by atoms with Crippen LogP contribution < -0.4 is 0 Å². The van der Waals surface area contributed by atoms with E-state index in [2.05, 4.69) is 8.37 Å². The molecule has 116 valence electrons. The van der Waals surface area contributed by atoms with Gasteiger partial charge in [0.2, 0.25) is 0 Å². The van der Waals surface area contributed by atoms with Gasteiger partial charge in [-0.2, -0.15) is 16.8 Å². The maximum atomic E-state index is 11.3. The van der Waals surface area contributed by atoms with Crippen molar-refractivity contribution in [1.29, 1.82) is 0 Å². The largest absolute Gasteiger partial charge is 0.385 e. The van der Waals surface area contributed by atoms with E-state index in [1.54, 1.807) is 0 Å². The molecular weight excluding hydrogens is 300 g/mol. The van der Waals surface area contributed by atoms with Crippen molar-refractivity contribution in [2.45, 2.75) is 12.8 Å². The van der Waals surface area contributed by atoms with Crippen molar-refractivity contribution in [2.24, 2.45) is 0 Å². The third kappa shape index (κ3) is 11.3. The second-order valence-electron chi connectivity index (χ2n) is 3.57. The Labute approximate surface area is 114 Å². The molecule has 0 aromatic heterocycles. The second-order valence-corrected chi connectivity index (χ2v) is 7.09. The standard InChI is InChI=1S/C9H20O8S2/c1-14-5-3-7-18(10,11)16-9-17-19(12,13)8-4-6-15-2/h3-9H2,1-2H3. The molecule has 0 aromatic carbocycles. The molecule has 0 radical (unpaired) electrons. The van der Waals surface area contributed by atoms with Crippen LogP contribution in [0.2, 0.25) is 0 Å². The van der Waals surface area contributed by atoms with Crippen LogP contribution in [0.15, 0.2) is 0 Å². The lowest BCUT2D eigenvalue weighted by Gasteiger charge is -2.07. The Morgan fingerprint density at radius 1 is 0.737 bits per heavy atom. The third-order valence-corrected chi connectivity index (χ3v) is 4.43. The van der Waals surface area contributed by atoms with Gasteiger partial charge in [0, 0.05) is 27.4 Å². The minimum absolute atomic E-state index is 0.256. The van der Waals surface area contributed by atoms with Gasteiger partial charge in [-0.1, -0.05) is 0 Å². The van der Waals surface area contributed by atoms with Gasteiger partial charge in [-0.25, -0.2) is 8.37 Å². The summed E-state index contributed by atoms with van der Waals surface area (Å²) in [4.78, 5) is 0. The van der Waals surface area contributed by atoms with E-state index in [0.29, 0.717) is 0 Å². The molecule has 0 amide bonds. The van der Waals surface area contributed by atoms with E-state index < -0.39 is 27.0 Å². The van der Waals surface area contributed by atoms with Gasteiger partial charge in [0.25, 0.3) is 20.2 Å². The Hall–Kier alpha value is -0.260. The zero-order valence-electron chi connectivity index (χ0n) is 11.0. The van der Waals surface area contributed by atoms with Gasteiger partial charge in [-0.3, -0.25) is 0 Å². The molecule has 0 aromatic rings. The van der Waals surface area contributed by atoms with Crippen LogP contribution in [0.3, 0.4) is 0 Å². The van der Waals surface area contributed by atoms with Crippen molar-refractivity contribution in [3.05, 3.63) is 0 Å². The van der Waals surface area contributed by atoms with Crippen LogP contribution in [0, 0.1) is 0 Å². The Kier molecular flexibility index (Phi) is 9.48. The van der Waals surface area contributed by atoms with Crippen molar-refractivity contribution < 1.29 is 34.7 Å². The first-order chi connectivity index (χ1) is 8.83. The van der Waals surface area contributed by atoms with Crippen LogP contribution in [-0.2, 0) is 38.1 Å². The van der Waals surface area contributed by atoms with E-state index in [1.807, 2.05) is 0 Å². The fourth-order valence-electron chi connectivity index (χ4n) is 1.04. The number of ether oxygens (including phenoxy) is 2. The predicted molar refractivity (Wildman–Crippen MR) is 67.6 cm³/mol. The van der Waals surface area contributed by atoms with E-state index in [1.165, 1.54) is 14.2 Å². The molecule has 0 saturated heterocycles. The summed E-state index contributed by atoms with van der Waals surface area (Å²) in [6.45, 7) is -0.290. The molecular formula is C9H20O8S2. The summed E-state index contributed by atoms with van der Waals surface area (Å²) < 4.78 is 63.3. The molecule has 0 aliphatic heterocycles. The van der Waals surface area contributed by atoms with Crippen molar-refractivity contribution in [3.8, 4) is 0 Å². The molecule has 0 rings (SSSR count). The van der Waals surface area contributed by atoms with Gasteiger partial charge in [-0.15, -0.1) is 0 Å². The molecule has 0 heterocycles. The SMILES string of the molecule is COCCCS(=O)(=O)OCOS(=O)(=O)CCCOC. The molecule has 8 nitrogen and oxygen atoms in total. The highest BCUT2D eigenvalue weighted by atomic mass is 32.2. The maximum absolute atomic E-state index is 11.3. The lowest BCUT2D eigenvalue weighted by atomic mass is 10.5. The Balaban J connectivity index is 3.94. The highest BCUT2D eigenvalue weighted by Crippen LogP contribution is 2.01. The molecule has 0 fully saturated rings. The summed E-state index contributed by atoms with van der Waals surface area (Å²) in [5.41, 5.74) is 0. The van der Waals surface area contributed by atoms with Gasteiger partial charge in [0.1, 0.15) is 0 Å². The van der Waals surface area contributed by atoms with Gasteiger partial charge in [0.15, 0.2) is 6.79 Å². The summed E-state index contributed by atoms with van der Waals surface area (Å²) in [6.07, 6.45) is 0.527. The average molecular weight is 320 g/mol. The molecule has 0 spiro atoms. The maximum Gasteiger partial charge on any atom is 0.269 e. The molecule has 0 saturated carbocycles. The van der Waals surface area contributed by atoms with E-state index in [4.69, 9.17) is 9.47 Å². The third-order valence-electron chi connectivity index (χ3n) is 1.94. The summed E-state index contributed by atoms with van der Waals surface area (Å²) in [5.74, 6) is -0.512. The lowest BCUT2D eigenvalue weighted by molar-refractivity contribution is 0.130. The van der Waals surface area contributed by atoms with Crippen LogP contribution in [0.1, 0.15) is 12.8 Å². The molecule has 0 bridgehead atoms. The highest BCUT2D eigenvalue weighted by molar-refractivity contribution is 7.87. The molecule has 0 N–H and O–H groups in total. The molecule has 0 aliphatic carbocycles. The smallest absolute Gasteiger partial charge is 0.269 e. The first kappa shape index (κ1) is 18.7. The van der Waals surface area contributed by atoms with Crippen LogP contribution in [0.4, 0.5) is 0 Å². The van der Waals surface area contributed by atoms with Crippen LogP contribution in [-0.4, -0.2) is 62.6 Å². The van der Waals surface area contributed by atoms with Gasteiger partial charge in [0.05, 0.1) is 11.5 Å². The highest BCUT2D eigenvalue weighted by Gasteiger charge is 2.15. The second kappa shape index (κ2) is 9.61. The molecule has 0 aliphatic rings. The first-order valence-corrected chi connectivity index (χ1v) is 8.70.